The number of sulfonamides is 1. The summed E-state index contributed by atoms with van der Waals surface area (Å²) in [4.78, 5) is 11.4. The SMILES string of the molecule is COC(=O)CCC1CN(S(=O)(=O)c2cccc(OC(F)F)c2)c2cc(C=Cc3c(F)cccc3Cl)ccc2O1. The van der Waals surface area contributed by atoms with Crippen LogP contribution in [0, 0.1) is 5.82 Å². The summed E-state index contributed by atoms with van der Waals surface area (Å²) >= 11 is 6.10. The fourth-order valence-electron chi connectivity index (χ4n) is 3.98. The highest BCUT2D eigenvalue weighted by Gasteiger charge is 2.35. The molecule has 4 rings (SSSR count). The molecule has 0 N–H and O–H groups in total. The average molecular weight is 582 g/mol. The molecule has 0 amide bonds. The number of anilines is 1. The van der Waals surface area contributed by atoms with Crippen molar-refractivity contribution in [2.75, 3.05) is 18.0 Å². The third-order valence-electron chi connectivity index (χ3n) is 5.87. The van der Waals surface area contributed by atoms with E-state index in [1.54, 1.807) is 24.3 Å². The van der Waals surface area contributed by atoms with E-state index in [1.165, 1.54) is 49.6 Å². The van der Waals surface area contributed by atoms with Gasteiger partial charge in [0, 0.05) is 18.1 Å². The maximum Gasteiger partial charge on any atom is 0.387 e. The molecule has 0 saturated carbocycles. The minimum absolute atomic E-state index is 0.00762. The molecule has 1 unspecified atom stereocenters. The van der Waals surface area contributed by atoms with Gasteiger partial charge in [-0.15, -0.1) is 0 Å². The van der Waals surface area contributed by atoms with Crippen molar-refractivity contribution in [1.29, 1.82) is 0 Å². The number of esters is 1. The van der Waals surface area contributed by atoms with E-state index in [0.717, 1.165) is 10.4 Å². The van der Waals surface area contributed by atoms with Gasteiger partial charge in [-0.05, 0) is 54.5 Å². The number of ether oxygens (including phenoxy) is 3. The van der Waals surface area contributed by atoms with Crippen LogP contribution in [0.25, 0.3) is 12.2 Å². The smallest absolute Gasteiger partial charge is 0.387 e. The van der Waals surface area contributed by atoms with E-state index < -0.39 is 34.5 Å². The lowest BCUT2D eigenvalue weighted by molar-refractivity contribution is -0.141. The molecule has 0 aliphatic carbocycles. The highest BCUT2D eigenvalue weighted by atomic mass is 35.5. The van der Waals surface area contributed by atoms with E-state index in [4.69, 9.17) is 16.3 Å². The van der Waals surface area contributed by atoms with E-state index in [-0.39, 0.29) is 52.1 Å². The number of benzene rings is 3. The highest BCUT2D eigenvalue weighted by molar-refractivity contribution is 7.92. The molecule has 1 atom stereocenters. The Morgan fingerprint density at radius 1 is 1.15 bits per heavy atom. The number of fused-ring (bicyclic) bond motifs is 1. The zero-order valence-corrected chi connectivity index (χ0v) is 22.1. The number of hydrogen-bond acceptors (Lipinski definition) is 6. The Morgan fingerprint density at radius 3 is 2.64 bits per heavy atom. The number of carbonyl (C=O) groups excluding carboxylic acids is 1. The molecule has 7 nitrogen and oxygen atoms in total. The molecule has 1 aliphatic rings. The van der Waals surface area contributed by atoms with Gasteiger partial charge in [-0.1, -0.05) is 35.9 Å². The zero-order valence-electron chi connectivity index (χ0n) is 20.5. The van der Waals surface area contributed by atoms with Crippen molar-refractivity contribution < 1.29 is 40.6 Å². The summed E-state index contributed by atoms with van der Waals surface area (Å²) in [6.07, 6.45) is 2.49. The standard InChI is InChI=1S/C27H23ClF3NO6S/c1-36-26(33)13-10-19-16-32(39(34,35)20-5-2-4-18(15-20)38-27(30)31)24-14-17(9-12-25(24)37-19)8-11-21-22(28)6-3-7-23(21)29/h2-9,11-12,14-15,19,27H,10,13,16H2,1H3. The quantitative estimate of drug-likeness (QED) is 0.222. The lowest BCUT2D eigenvalue weighted by atomic mass is 10.1. The molecule has 0 saturated heterocycles. The van der Waals surface area contributed by atoms with Crippen LogP contribution in [-0.4, -0.2) is 40.8 Å². The number of halogens is 4. The Labute approximate surface area is 228 Å². The first-order valence-corrected chi connectivity index (χ1v) is 13.5. The molecule has 0 aromatic heterocycles. The van der Waals surface area contributed by atoms with Crippen LogP contribution in [0.2, 0.25) is 5.02 Å². The van der Waals surface area contributed by atoms with Gasteiger partial charge in [0.1, 0.15) is 23.4 Å². The number of rotatable bonds is 9. The van der Waals surface area contributed by atoms with Crippen LogP contribution in [0.5, 0.6) is 11.5 Å². The van der Waals surface area contributed by atoms with Gasteiger partial charge in [-0.3, -0.25) is 9.10 Å². The Hall–Kier alpha value is -3.70. The first-order chi connectivity index (χ1) is 18.6. The van der Waals surface area contributed by atoms with Gasteiger partial charge in [0.2, 0.25) is 0 Å². The fourth-order valence-corrected chi connectivity index (χ4v) is 5.74. The Balaban J connectivity index is 1.73. The second-order valence-corrected chi connectivity index (χ2v) is 10.7. The van der Waals surface area contributed by atoms with Crippen LogP contribution in [0.15, 0.2) is 65.6 Å². The molecule has 0 bridgehead atoms. The molecule has 1 heterocycles. The molecule has 1 aliphatic heterocycles. The summed E-state index contributed by atoms with van der Waals surface area (Å²) in [5.74, 6) is -1.10. The zero-order chi connectivity index (χ0) is 28.2. The van der Waals surface area contributed by atoms with Crippen molar-refractivity contribution in [2.45, 2.75) is 30.5 Å². The maximum absolute atomic E-state index is 14.2. The third-order valence-corrected chi connectivity index (χ3v) is 7.98. The minimum Gasteiger partial charge on any atom is -0.486 e. The second kappa shape index (κ2) is 12.0. The van der Waals surface area contributed by atoms with Gasteiger partial charge in [0.15, 0.2) is 0 Å². The first-order valence-electron chi connectivity index (χ1n) is 11.7. The van der Waals surface area contributed by atoms with Crippen LogP contribution in [0.3, 0.4) is 0 Å². The largest absolute Gasteiger partial charge is 0.486 e. The molecule has 0 fully saturated rings. The Bertz CT molecular complexity index is 1480. The maximum atomic E-state index is 14.2. The van der Waals surface area contributed by atoms with Crippen molar-refractivity contribution in [2.24, 2.45) is 0 Å². The molecule has 39 heavy (non-hydrogen) atoms. The molecular formula is C27H23ClF3NO6S. The van der Waals surface area contributed by atoms with Crippen molar-refractivity contribution in [3.8, 4) is 11.5 Å². The summed E-state index contributed by atoms with van der Waals surface area (Å²) in [6.45, 7) is -3.30. The van der Waals surface area contributed by atoms with Gasteiger partial charge >= 0.3 is 12.6 Å². The van der Waals surface area contributed by atoms with Crippen LogP contribution < -0.4 is 13.8 Å². The van der Waals surface area contributed by atoms with Crippen LogP contribution in [0.1, 0.15) is 24.0 Å². The Morgan fingerprint density at radius 2 is 1.92 bits per heavy atom. The van der Waals surface area contributed by atoms with E-state index in [0.29, 0.717) is 5.56 Å². The van der Waals surface area contributed by atoms with Gasteiger partial charge in [-0.25, -0.2) is 12.8 Å². The number of carbonyl (C=O) groups is 1. The van der Waals surface area contributed by atoms with Crippen LogP contribution >= 0.6 is 11.6 Å². The summed E-state index contributed by atoms with van der Waals surface area (Å²) in [6, 6.07) is 13.8. The van der Waals surface area contributed by atoms with Crippen LogP contribution in [0.4, 0.5) is 18.9 Å². The monoisotopic (exact) mass is 581 g/mol. The van der Waals surface area contributed by atoms with Crippen molar-refractivity contribution >= 4 is 45.4 Å². The number of alkyl halides is 2. The van der Waals surface area contributed by atoms with Gasteiger partial charge in [0.05, 0.1) is 29.3 Å². The molecule has 3 aromatic carbocycles. The minimum atomic E-state index is -4.30. The second-order valence-electron chi connectivity index (χ2n) is 8.44. The molecule has 12 heteroatoms. The fraction of sp³-hybridized carbons (Fsp3) is 0.222. The predicted molar refractivity (Wildman–Crippen MR) is 140 cm³/mol. The lowest BCUT2D eigenvalue weighted by Crippen LogP contribution is -2.43. The molecule has 0 radical (unpaired) electrons. The van der Waals surface area contributed by atoms with E-state index in [9.17, 15) is 26.4 Å². The van der Waals surface area contributed by atoms with Gasteiger partial charge in [0.25, 0.3) is 10.0 Å². The normalized spacial score (nSPS) is 15.2. The van der Waals surface area contributed by atoms with Crippen LogP contribution in [-0.2, 0) is 19.6 Å². The molecule has 0 spiro atoms. The summed E-state index contributed by atoms with van der Waals surface area (Å²) in [7, 11) is -3.06. The number of methoxy groups -OCH3 is 1. The number of hydrogen-bond donors (Lipinski definition) is 0. The molecular weight excluding hydrogens is 559 g/mol. The third kappa shape index (κ3) is 6.66. The van der Waals surface area contributed by atoms with Crippen molar-refractivity contribution in [3.63, 3.8) is 0 Å². The summed E-state index contributed by atoms with van der Waals surface area (Å²) < 4.78 is 83.3. The molecule has 206 valence electrons. The molecule has 3 aromatic rings. The van der Waals surface area contributed by atoms with E-state index >= 15 is 0 Å². The van der Waals surface area contributed by atoms with Crippen molar-refractivity contribution in [3.05, 3.63) is 82.6 Å². The highest BCUT2D eigenvalue weighted by Crippen LogP contribution is 2.39. The van der Waals surface area contributed by atoms with E-state index in [2.05, 4.69) is 9.47 Å². The average Bonchev–Trinajstić information content (AvgIpc) is 2.90. The summed E-state index contributed by atoms with van der Waals surface area (Å²) in [5.41, 5.74) is 0.849. The summed E-state index contributed by atoms with van der Waals surface area (Å²) in [5, 5.41) is 0.205. The van der Waals surface area contributed by atoms with Gasteiger partial charge < -0.3 is 14.2 Å². The van der Waals surface area contributed by atoms with Crippen molar-refractivity contribution in [1.82, 2.24) is 0 Å². The Kier molecular flexibility index (Phi) is 8.71. The van der Waals surface area contributed by atoms with Gasteiger partial charge in [-0.2, -0.15) is 8.78 Å². The lowest BCUT2D eigenvalue weighted by Gasteiger charge is -2.35. The topological polar surface area (TPSA) is 82.1 Å². The first kappa shape index (κ1) is 28.3. The number of nitrogens with zero attached hydrogens (tertiary/aromatic N) is 1. The van der Waals surface area contributed by atoms with E-state index in [1.807, 2.05) is 0 Å². The predicted octanol–water partition coefficient (Wildman–Crippen LogP) is 6.16.